The summed E-state index contributed by atoms with van der Waals surface area (Å²) in [6.45, 7) is 2.64. The predicted octanol–water partition coefficient (Wildman–Crippen LogP) is 4.58. The summed E-state index contributed by atoms with van der Waals surface area (Å²) in [6.07, 6.45) is 1.53. The van der Waals surface area contributed by atoms with Crippen LogP contribution in [0.3, 0.4) is 0 Å². The van der Waals surface area contributed by atoms with Crippen molar-refractivity contribution < 1.29 is 23.4 Å². The zero-order valence-electron chi connectivity index (χ0n) is 17.3. The lowest BCUT2D eigenvalue weighted by Crippen LogP contribution is -2.17. The van der Waals surface area contributed by atoms with E-state index in [1.165, 1.54) is 25.5 Å². The van der Waals surface area contributed by atoms with Gasteiger partial charge in [-0.3, -0.25) is 4.79 Å². The van der Waals surface area contributed by atoms with Crippen molar-refractivity contribution in [1.82, 2.24) is 5.43 Å². The van der Waals surface area contributed by atoms with Gasteiger partial charge in [0, 0.05) is 5.56 Å². The first-order chi connectivity index (χ1) is 15.1. The van der Waals surface area contributed by atoms with E-state index in [0.717, 1.165) is 11.1 Å². The largest absolute Gasteiger partial charge is 0.493 e. The quantitative estimate of drug-likeness (QED) is 0.405. The van der Waals surface area contributed by atoms with E-state index in [0.29, 0.717) is 29.4 Å². The number of nitrogens with one attached hydrogen (secondary N) is 1. The van der Waals surface area contributed by atoms with Gasteiger partial charge in [-0.1, -0.05) is 12.1 Å². The van der Waals surface area contributed by atoms with Gasteiger partial charge in [0.2, 0.25) is 0 Å². The van der Waals surface area contributed by atoms with Crippen molar-refractivity contribution >= 4 is 12.1 Å². The molecular weight excluding hydrogens is 399 g/mol. The van der Waals surface area contributed by atoms with Gasteiger partial charge in [0.05, 0.1) is 19.9 Å². The molecule has 6 nitrogen and oxygen atoms in total. The van der Waals surface area contributed by atoms with Gasteiger partial charge >= 0.3 is 0 Å². The first-order valence-corrected chi connectivity index (χ1v) is 9.70. The first kappa shape index (κ1) is 21.8. The topological polar surface area (TPSA) is 69.2 Å². The molecule has 3 aromatic rings. The lowest BCUT2D eigenvalue weighted by molar-refractivity contribution is 0.0954. The molecule has 160 valence electrons. The van der Waals surface area contributed by atoms with Crippen molar-refractivity contribution in [2.45, 2.75) is 13.5 Å². The molecule has 0 heterocycles. The average molecular weight is 422 g/mol. The van der Waals surface area contributed by atoms with Gasteiger partial charge in [-0.15, -0.1) is 0 Å². The fourth-order valence-corrected chi connectivity index (χ4v) is 2.76. The van der Waals surface area contributed by atoms with E-state index in [1.54, 1.807) is 54.6 Å². The number of halogens is 1. The third kappa shape index (κ3) is 6.30. The van der Waals surface area contributed by atoms with Crippen LogP contribution < -0.4 is 19.6 Å². The van der Waals surface area contributed by atoms with Crippen LogP contribution in [-0.4, -0.2) is 25.8 Å². The Labute approximate surface area is 180 Å². The third-order valence-electron chi connectivity index (χ3n) is 4.28. The minimum Gasteiger partial charge on any atom is -0.493 e. The van der Waals surface area contributed by atoms with Crippen LogP contribution in [0.25, 0.3) is 0 Å². The molecule has 31 heavy (non-hydrogen) atoms. The molecule has 0 aliphatic rings. The van der Waals surface area contributed by atoms with Crippen LogP contribution in [0.1, 0.15) is 28.4 Å². The lowest BCUT2D eigenvalue weighted by Gasteiger charge is -2.10. The molecule has 3 aromatic carbocycles. The van der Waals surface area contributed by atoms with Crippen LogP contribution in [0.2, 0.25) is 0 Å². The average Bonchev–Trinajstić information content (AvgIpc) is 2.79. The van der Waals surface area contributed by atoms with Crippen molar-refractivity contribution in [2.24, 2.45) is 5.10 Å². The Balaban J connectivity index is 1.54. The second-order valence-corrected chi connectivity index (χ2v) is 6.49. The van der Waals surface area contributed by atoms with Crippen molar-refractivity contribution in [3.63, 3.8) is 0 Å². The second-order valence-electron chi connectivity index (χ2n) is 6.49. The van der Waals surface area contributed by atoms with Gasteiger partial charge in [0.25, 0.3) is 5.91 Å². The summed E-state index contributed by atoms with van der Waals surface area (Å²) in [6, 6.07) is 18.4. The van der Waals surface area contributed by atoms with Crippen molar-refractivity contribution in [1.29, 1.82) is 0 Å². The lowest BCUT2D eigenvalue weighted by atomic mass is 10.2. The van der Waals surface area contributed by atoms with Gasteiger partial charge in [0.15, 0.2) is 11.5 Å². The molecule has 0 aliphatic heterocycles. The van der Waals surface area contributed by atoms with Crippen LogP contribution in [0.5, 0.6) is 17.2 Å². The molecular formula is C24H23FN2O4. The molecule has 0 unspecified atom stereocenters. The molecule has 0 saturated heterocycles. The molecule has 0 aromatic heterocycles. The number of carbonyl (C=O) groups is 1. The van der Waals surface area contributed by atoms with Crippen LogP contribution in [0, 0.1) is 5.82 Å². The summed E-state index contributed by atoms with van der Waals surface area (Å²) in [5, 5.41) is 3.99. The first-order valence-electron chi connectivity index (χ1n) is 9.70. The number of amides is 1. The van der Waals surface area contributed by atoms with Crippen molar-refractivity contribution in [3.8, 4) is 17.2 Å². The predicted molar refractivity (Wildman–Crippen MR) is 116 cm³/mol. The van der Waals surface area contributed by atoms with Crippen LogP contribution in [-0.2, 0) is 6.61 Å². The summed E-state index contributed by atoms with van der Waals surface area (Å²) in [7, 11) is 1.52. The summed E-state index contributed by atoms with van der Waals surface area (Å²) >= 11 is 0. The molecule has 1 amide bonds. The summed E-state index contributed by atoms with van der Waals surface area (Å²) in [5.41, 5.74) is 4.42. The molecule has 3 rings (SSSR count). The molecule has 1 N–H and O–H groups in total. The molecule has 0 spiro atoms. The number of hydrazone groups is 1. The minimum absolute atomic E-state index is 0.271. The van der Waals surface area contributed by atoms with E-state index in [1.807, 2.05) is 6.92 Å². The number of rotatable bonds is 9. The van der Waals surface area contributed by atoms with Crippen LogP contribution in [0.15, 0.2) is 71.8 Å². The highest BCUT2D eigenvalue weighted by Gasteiger charge is 2.10. The molecule has 7 heteroatoms. The molecule has 0 radical (unpaired) electrons. The Morgan fingerprint density at radius 3 is 2.55 bits per heavy atom. The summed E-state index contributed by atoms with van der Waals surface area (Å²) in [4.78, 5) is 12.3. The fraction of sp³-hybridized carbons (Fsp3) is 0.167. The normalized spacial score (nSPS) is 10.7. The second kappa shape index (κ2) is 10.8. The molecule has 0 fully saturated rings. The monoisotopic (exact) mass is 422 g/mol. The number of ether oxygens (including phenoxy) is 3. The Hall–Kier alpha value is -3.87. The Morgan fingerprint density at radius 2 is 1.84 bits per heavy atom. The van der Waals surface area contributed by atoms with Gasteiger partial charge in [-0.05, 0) is 72.6 Å². The number of hydrogen-bond acceptors (Lipinski definition) is 5. The number of benzene rings is 3. The molecule has 0 atom stereocenters. The van der Waals surface area contributed by atoms with Crippen LogP contribution >= 0.6 is 0 Å². The van der Waals surface area contributed by atoms with Gasteiger partial charge in [-0.2, -0.15) is 5.10 Å². The standard InChI is InChI=1S/C24H23FN2O4/c1-3-30-22-12-9-19(14-23(22)29-2)24(28)27-26-15-17-7-10-21(11-8-17)31-16-18-5-4-6-20(25)13-18/h4-15H,3,16H2,1-2H3,(H,27,28)/b26-15+. The van der Waals surface area contributed by atoms with E-state index in [4.69, 9.17) is 14.2 Å². The highest BCUT2D eigenvalue weighted by atomic mass is 19.1. The fourth-order valence-electron chi connectivity index (χ4n) is 2.76. The van der Waals surface area contributed by atoms with Gasteiger partial charge < -0.3 is 14.2 Å². The highest BCUT2D eigenvalue weighted by Crippen LogP contribution is 2.28. The van der Waals surface area contributed by atoms with Crippen molar-refractivity contribution in [2.75, 3.05) is 13.7 Å². The number of methoxy groups -OCH3 is 1. The number of hydrogen-bond donors (Lipinski definition) is 1. The van der Waals surface area contributed by atoms with Crippen molar-refractivity contribution in [3.05, 3.63) is 89.2 Å². The smallest absolute Gasteiger partial charge is 0.271 e. The number of carbonyl (C=O) groups excluding carboxylic acids is 1. The summed E-state index contributed by atoms with van der Waals surface area (Å²) in [5.74, 6) is 1.04. The van der Waals surface area contributed by atoms with E-state index in [9.17, 15) is 9.18 Å². The minimum atomic E-state index is -0.368. The maximum Gasteiger partial charge on any atom is 0.271 e. The summed E-state index contributed by atoms with van der Waals surface area (Å²) < 4.78 is 29.6. The Kier molecular flexibility index (Phi) is 7.59. The highest BCUT2D eigenvalue weighted by molar-refractivity contribution is 5.95. The zero-order chi connectivity index (χ0) is 22.1. The van der Waals surface area contributed by atoms with E-state index in [2.05, 4.69) is 10.5 Å². The third-order valence-corrected chi connectivity index (χ3v) is 4.28. The van der Waals surface area contributed by atoms with E-state index < -0.39 is 0 Å². The molecule has 0 aliphatic carbocycles. The van der Waals surface area contributed by atoms with E-state index >= 15 is 0 Å². The van der Waals surface area contributed by atoms with Gasteiger partial charge in [0.1, 0.15) is 18.2 Å². The maximum absolute atomic E-state index is 13.2. The maximum atomic E-state index is 13.2. The number of nitrogens with zero attached hydrogens (tertiary/aromatic N) is 1. The zero-order valence-corrected chi connectivity index (χ0v) is 17.3. The Bertz CT molecular complexity index is 1050. The van der Waals surface area contributed by atoms with Crippen LogP contribution in [0.4, 0.5) is 4.39 Å². The SMILES string of the molecule is CCOc1ccc(C(=O)N/N=C/c2ccc(OCc3cccc(F)c3)cc2)cc1OC. The van der Waals surface area contributed by atoms with Gasteiger partial charge in [-0.25, -0.2) is 9.82 Å². The molecule has 0 bridgehead atoms. The Morgan fingerprint density at radius 1 is 1.03 bits per heavy atom. The van der Waals surface area contributed by atoms with E-state index in [-0.39, 0.29) is 18.3 Å². The molecule has 0 saturated carbocycles.